The summed E-state index contributed by atoms with van der Waals surface area (Å²) in [5.41, 5.74) is 0.783. The highest BCUT2D eigenvalue weighted by Crippen LogP contribution is 2.29. The number of halogens is 2. The van der Waals surface area contributed by atoms with E-state index in [1.165, 1.54) is 12.4 Å². The van der Waals surface area contributed by atoms with E-state index in [4.69, 9.17) is 4.74 Å². The molecular formula is C15H17F2N3O. The van der Waals surface area contributed by atoms with Crippen molar-refractivity contribution in [2.24, 2.45) is 0 Å². The van der Waals surface area contributed by atoms with Crippen LogP contribution in [0.15, 0.2) is 24.5 Å². The number of rotatable bonds is 6. The van der Waals surface area contributed by atoms with Crippen LogP contribution >= 0.6 is 0 Å². The van der Waals surface area contributed by atoms with Gasteiger partial charge in [-0.1, -0.05) is 13.3 Å². The molecule has 2 rings (SSSR count). The first-order valence-electron chi connectivity index (χ1n) is 6.86. The molecule has 6 heteroatoms. The van der Waals surface area contributed by atoms with Gasteiger partial charge in [-0.05, 0) is 25.5 Å². The molecule has 1 aromatic heterocycles. The highest BCUT2D eigenvalue weighted by Gasteiger charge is 2.14. The zero-order valence-electron chi connectivity index (χ0n) is 12.0. The van der Waals surface area contributed by atoms with E-state index in [9.17, 15) is 8.78 Å². The van der Waals surface area contributed by atoms with E-state index in [2.05, 4.69) is 15.3 Å². The third-order valence-electron chi connectivity index (χ3n) is 2.85. The van der Waals surface area contributed by atoms with Gasteiger partial charge in [-0.15, -0.1) is 0 Å². The quantitative estimate of drug-likeness (QED) is 0.876. The summed E-state index contributed by atoms with van der Waals surface area (Å²) in [6.45, 7) is 4.68. The second-order valence-corrected chi connectivity index (χ2v) is 4.46. The Kier molecular flexibility index (Phi) is 5.03. The molecule has 21 heavy (non-hydrogen) atoms. The topological polar surface area (TPSA) is 47.0 Å². The van der Waals surface area contributed by atoms with Crippen LogP contribution in [0.1, 0.15) is 25.8 Å². The van der Waals surface area contributed by atoms with Crippen LogP contribution in [-0.4, -0.2) is 16.5 Å². The van der Waals surface area contributed by atoms with E-state index >= 15 is 0 Å². The van der Waals surface area contributed by atoms with Crippen molar-refractivity contribution in [3.63, 3.8) is 0 Å². The average Bonchev–Trinajstić information content (AvgIpc) is 2.45. The van der Waals surface area contributed by atoms with Gasteiger partial charge in [-0.25, -0.2) is 18.7 Å². The van der Waals surface area contributed by atoms with Gasteiger partial charge in [0.05, 0.1) is 5.56 Å². The van der Waals surface area contributed by atoms with Gasteiger partial charge in [0.25, 0.3) is 0 Å². The molecule has 0 aliphatic heterocycles. The van der Waals surface area contributed by atoms with Crippen molar-refractivity contribution in [2.75, 3.05) is 11.9 Å². The number of hydrogen-bond acceptors (Lipinski definition) is 4. The summed E-state index contributed by atoms with van der Waals surface area (Å²) in [7, 11) is 0. The molecule has 2 aromatic rings. The maximum absolute atomic E-state index is 13.7. The van der Waals surface area contributed by atoms with Crippen molar-refractivity contribution in [1.29, 1.82) is 0 Å². The molecule has 0 spiro atoms. The molecule has 1 heterocycles. The largest absolute Gasteiger partial charge is 0.435 e. The lowest BCUT2D eigenvalue weighted by molar-refractivity contribution is 0.418. The van der Waals surface area contributed by atoms with E-state index in [0.29, 0.717) is 18.8 Å². The van der Waals surface area contributed by atoms with E-state index < -0.39 is 11.6 Å². The highest BCUT2D eigenvalue weighted by molar-refractivity contribution is 5.49. The Morgan fingerprint density at radius 3 is 2.67 bits per heavy atom. The number of aromatic nitrogens is 2. The number of nitrogens with zero attached hydrogens (tertiary/aromatic N) is 2. The molecule has 0 aliphatic carbocycles. The van der Waals surface area contributed by atoms with Crippen molar-refractivity contribution < 1.29 is 13.5 Å². The smallest absolute Gasteiger partial charge is 0.227 e. The lowest BCUT2D eigenvalue weighted by atomic mass is 10.1. The third-order valence-corrected chi connectivity index (χ3v) is 2.85. The summed E-state index contributed by atoms with van der Waals surface area (Å²) in [5.74, 6) is -0.513. The highest BCUT2D eigenvalue weighted by atomic mass is 19.1. The Morgan fingerprint density at radius 2 is 2.00 bits per heavy atom. The van der Waals surface area contributed by atoms with Crippen LogP contribution in [0.25, 0.3) is 0 Å². The van der Waals surface area contributed by atoms with Crippen LogP contribution in [0.2, 0.25) is 0 Å². The summed E-state index contributed by atoms with van der Waals surface area (Å²) in [5, 5.41) is 3.13. The average molecular weight is 293 g/mol. The van der Waals surface area contributed by atoms with Crippen molar-refractivity contribution in [2.45, 2.75) is 26.7 Å². The molecule has 0 fully saturated rings. The van der Waals surface area contributed by atoms with Gasteiger partial charge in [-0.2, -0.15) is 0 Å². The monoisotopic (exact) mass is 293 g/mol. The van der Waals surface area contributed by atoms with Gasteiger partial charge in [0.1, 0.15) is 18.0 Å². The molecule has 0 bridgehead atoms. The summed E-state index contributed by atoms with van der Waals surface area (Å²) in [6, 6.07) is 3.17. The van der Waals surface area contributed by atoms with E-state index in [0.717, 1.165) is 24.1 Å². The minimum absolute atomic E-state index is 0.0603. The lowest BCUT2D eigenvalue weighted by Gasteiger charge is -2.13. The molecule has 0 amide bonds. The van der Waals surface area contributed by atoms with Crippen LogP contribution in [-0.2, 0) is 6.42 Å². The zero-order valence-corrected chi connectivity index (χ0v) is 12.0. The van der Waals surface area contributed by atoms with Gasteiger partial charge < -0.3 is 10.1 Å². The minimum Gasteiger partial charge on any atom is -0.435 e. The molecule has 4 nitrogen and oxygen atoms in total. The fourth-order valence-corrected chi connectivity index (χ4v) is 1.94. The first kappa shape index (κ1) is 15.2. The van der Waals surface area contributed by atoms with Crippen molar-refractivity contribution >= 4 is 5.82 Å². The number of anilines is 1. The Morgan fingerprint density at radius 1 is 1.19 bits per heavy atom. The van der Waals surface area contributed by atoms with Gasteiger partial charge in [0.2, 0.25) is 5.88 Å². The molecule has 0 aliphatic rings. The van der Waals surface area contributed by atoms with Crippen LogP contribution in [0, 0.1) is 11.6 Å². The summed E-state index contributed by atoms with van der Waals surface area (Å²) >= 11 is 0. The third kappa shape index (κ3) is 3.65. The van der Waals surface area contributed by atoms with Crippen molar-refractivity contribution in [1.82, 2.24) is 9.97 Å². The zero-order chi connectivity index (χ0) is 15.2. The Bertz CT molecular complexity index is 620. The van der Waals surface area contributed by atoms with E-state index in [-0.39, 0.29) is 11.6 Å². The summed E-state index contributed by atoms with van der Waals surface area (Å²) in [4.78, 5) is 8.24. The van der Waals surface area contributed by atoms with Crippen LogP contribution < -0.4 is 10.1 Å². The molecule has 112 valence electrons. The van der Waals surface area contributed by atoms with E-state index in [1.54, 1.807) is 0 Å². The molecule has 1 aromatic carbocycles. The second-order valence-electron chi connectivity index (χ2n) is 4.46. The standard InChI is InChI=1S/C15H17F2N3O/c1-3-5-11-14(18-4-2)19-9-20-15(11)21-13-7-6-10(16)8-12(13)17/h6-9H,3-5H2,1-2H3,(H,18,19,20). The van der Waals surface area contributed by atoms with Crippen LogP contribution in [0.5, 0.6) is 11.6 Å². The molecule has 1 N–H and O–H groups in total. The minimum atomic E-state index is -0.763. The fraction of sp³-hybridized carbons (Fsp3) is 0.333. The molecule has 0 unspecified atom stereocenters. The lowest BCUT2D eigenvalue weighted by Crippen LogP contribution is -2.06. The van der Waals surface area contributed by atoms with Gasteiger partial charge in [0, 0.05) is 12.6 Å². The van der Waals surface area contributed by atoms with Crippen molar-refractivity contribution in [3.8, 4) is 11.6 Å². The van der Waals surface area contributed by atoms with E-state index in [1.807, 2.05) is 13.8 Å². The van der Waals surface area contributed by atoms with Gasteiger partial charge in [-0.3, -0.25) is 0 Å². The second kappa shape index (κ2) is 6.97. The molecular weight excluding hydrogens is 276 g/mol. The Labute approximate surface area is 122 Å². The van der Waals surface area contributed by atoms with Crippen molar-refractivity contribution in [3.05, 3.63) is 41.7 Å². The number of ether oxygens (including phenoxy) is 1. The van der Waals surface area contributed by atoms with Crippen LogP contribution in [0.4, 0.5) is 14.6 Å². The maximum atomic E-state index is 13.7. The number of benzene rings is 1. The predicted molar refractivity (Wildman–Crippen MR) is 76.6 cm³/mol. The van der Waals surface area contributed by atoms with Crippen LogP contribution in [0.3, 0.4) is 0 Å². The Balaban J connectivity index is 2.36. The Hall–Kier alpha value is -2.24. The number of hydrogen-bond donors (Lipinski definition) is 1. The maximum Gasteiger partial charge on any atom is 0.227 e. The molecule has 0 radical (unpaired) electrons. The van der Waals surface area contributed by atoms with Gasteiger partial charge >= 0.3 is 0 Å². The molecule has 0 saturated carbocycles. The van der Waals surface area contributed by atoms with Gasteiger partial charge in [0.15, 0.2) is 11.6 Å². The summed E-state index contributed by atoms with van der Waals surface area (Å²) < 4.78 is 32.1. The normalized spacial score (nSPS) is 10.5. The first-order valence-corrected chi connectivity index (χ1v) is 6.86. The molecule has 0 atom stereocenters. The summed E-state index contributed by atoms with van der Waals surface area (Å²) in [6.07, 6.45) is 2.92. The number of nitrogens with one attached hydrogen (secondary N) is 1. The first-order chi connectivity index (χ1) is 10.2. The predicted octanol–water partition coefficient (Wildman–Crippen LogP) is 3.93. The molecule has 0 saturated heterocycles. The fourth-order valence-electron chi connectivity index (χ4n) is 1.94. The SMILES string of the molecule is CCCc1c(NCC)ncnc1Oc1ccc(F)cc1F.